The molecule has 0 aliphatic carbocycles. The number of aromatic hydroxyl groups is 1. The van der Waals surface area contributed by atoms with E-state index < -0.39 is 18.5 Å². The van der Waals surface area contributed by atoms with E-state index in [0.717, 1.165) is 0 Å². The Kier molecular flexibility index (Phi) is 6.65. The van der Waals surface area contributed by atoms with E-state index in [1.165, 1.54) is 12.1 Å². The molecule has 0 saturated heterocycles. The summed E-state index contributed by atoms with van der Waals surface area (Å²) < 4.78 is 15.5. The molecule has 25 heavy (non-hydrogen) atoms. The summed E-state index contributed by atoms with van der Waals surface area (Å²) in [5.41, 5.74) is 0.00908. The Morgan fingerprint density at radius 2 is 1.72 bits per heavy atom. The van der Waals surface area contributed by atoms with E-state index in [4.69, 9.17) is 14.2 Å². The van der Waals surface area contributed by atoms with E-state index in [9.17, 15) is 14.7 Å². The highest BCUT2D eigenvalue weighted by Crippen LogP contribution is 2.25. The van der Waals surface area contributed by atoms with Crippen molar-refractivity contribution in [1.29, 1.82) is 0 Å². The number of phenols is 1. The summed E-state index contributed by atoms with van der Waals surface area (Å²) in [5.74, 6) is -0.250. The zero-order valence-corrected chi connectivity index (χ0v) is 13.7. The Labute approximate surface area is 145 Å². The number of nitrogens with one attached hydrogen (secondary N) is 1. The van der Waals surface area contributed by atoms with Crippen LogP contribution in [0.3, 0.4) is 0 Å². The minimum atomic E-state index is -0.765. The van der Waals surface area contributed by atoms with Crippen molar-refractivity contribution in [2.45, 2.75) is 0 Å². The Bertz CT molecular complexity index is 731. The molecule has 0 heterocycles. The smallest absolute Gasteiger partial charge is 0.342 e. The van der Waals surface area contributed by atoms with Gasteiger partial charge in [0, 0.05) is 0 Å². The molecule has 7 nitrogen and oxygen atoms in total. The fraction of sp³-hybridized carbons (Fsp3) is 0.222. The quantitative estimate of drug-likeness (QED) is 0.559. The first-order chi connectivity index (χ1) is 12.1. The third-order valence-electron chi connectivity index (χ3n) is 3.21. The minimum absolute atomic E-state index is 0.00908. The Hall–Kier alpha value is -3.22. The molecule has 2 rings (SSSR count). The van der Waals surface area contributed by atoms with Crippen LogP contribution in [0, 0.1) is 0 Å². The van der Waals surface area contributed by atoms with E-state index in [1.807, 2.05) is 12.1 Å². The first kappa shape index (κ1) is 18.1. The normalized spacial score (nSPS) is 9.96. The largest absolute Gasteiger partial charge is 0.507 e. The van der Waals surface area contributed by atoms with Crippen LogP contribution in [0.15, 0.2) is 48.5 Å². The third-order valence-corrected chi connectivity index (χ3v) is 3.21. The second-order valence-corrected chi connectivity index (χ2v) is 4.94. The van der Waals surface area contributed by atoms with E-state index in [-0.39, 0.29) is 24.5 Å². The Morgan fingerprint density at radius 1 is 1.04 bits per heavy atom. The lowest BCUT2D eigenvalue weighted by Gasteiger charge is -2.11. The first-order valence-electron chi connectivity index (χ1n) is 7.59. The fourth-order valence-electron chi connectivity index (χ4n) is 2.00. The topological polar surface area (TPSA) is 94.1 Å². The number of benzene rings is 2. The molecular weight excluding hydrogens is 326 g/mol. The molecule has 2 aromatic carbocycles. The van der Waals surface area contributed by atoms with E-state index in [0.29, 0.717) is 11.5 Å². The summed E-state index contributed by atoms with van der Waals surface area (Å²) in [5, 5.41) is 12.1. The van der Waals surface area contributed by atoms with Crippen molar-refractivity contribution in [2.75, 3.05) is 26.9 Å². The standard InChI is InChI=1S/C18H19NO6/c1-23-15-8-4-5-9-16(15)24-11-10-19-17(21)12-25-18(22)13-6-2-3-7-14(13)20/h2-9,20H,10-12H2,1H3,(H,19,21). The summed E-state index contributed by atoms with van der Waals surface area (Å²) in [7, 11) is 1.54. The number of amides is 1. The van der Waals surface area contributed by atoms with Gasteiger partial charge in [0.2, 0.25) is 0 Å². The van der Waals surface area contributed by atoms with Crippen molar-refractivity contribution >= 4 is 11.9 Å². The van der Waals surface area contributed by atoms with Crippen molar-refractivity contribution < 1.29 is 28.9 Å². The molecule has 0 aliphatic rings. The molecule has 2 N–H and O–H groups in total. The number of hydrogen-bond acceptors (Lipinski definition) is 6. The first-order valence-corrected chi connectivity index (χ1v) is 7.59. The summed E-state index contributed by atoms with van der Waals surface area (Å²) >= 11 is 0. The summed E-state index contributed by atoms with van der Waals surface area (Å²) in [4.78, 5) is 23.4. The molecule has 0 saturated carbocycles. The van der Waals surface area contributed by atoms with Crippen LogP contribution in [-0.4, -0.2) is 43.9 Å². The van der Waals surface area contributed by atoms with Crippen LogP contribution in [0.4, 0.5) is 0 Å². The number of methoxy groups -OCH3 is 1. The lowest BCUT2D eigenvalue weighted by atomic mass is 10.2. The lowest BCUT2D eigenvalue weighted by molar-refractivity contribution is -0.124. The molecule has 132 valence electrons. The van der Waals surface area contributed by atoms with Crippen LogP contribution in [0.5, 0.6) is 17.2 Å². The zero-order chi connectivity index (χ0) is 18.1. The van der Waals surface area contributed by atoms with Crippen molar-refractivity contribution in [3.8, 4) is 17.2 Å². The number of phenolic OH excluding ortho intramolecular Hbond substituents is 1. The summed E-state index contributed by atoms with van der Waals surface area (Å²) in [6.07, 6.45) is 0. The molecule has 0 aromatic heterocycles. The van der Waals surface area contributed by atoms with Gasteiger partial charge < -0.3 is 24.6 Å². The van der Waals surface area contributed by atoms with Gasteiger partial charge in [-0.25, -0.2) is 4.79 Å². The van der Waals surface area contributed by atoms with Crippen LogP contribution in [-0.2, 0) is 9.53 Å². The molecule has 0 bridgehead atoms. The van der Waals surface area contributed by atoms with Gasteiger partial charge in [-0.1, -0.05) is 24.3 Å². The van der Waals surface area contributed by atoms with Crippen LogP contribution in [0.1, 0.15) is 10.4 Å². The third kappa shape index (κ3) is 5.42. The lowest BCUT2D eigenvalue weighted by Crippen LogP contribution is -2.32. The van der Waals surface area contributed by atoms with Gasteiger partial charge in [-0.3, -0.25) is 4.79 Å². The number of esters is 1. The summed E-state index contributed by atoms with van der Waals surface area (Å²) in [6, 6.07) is 13.1. The maximum Gasteiger partial charge on any atom is 0.342 e. The molecule has 0 aliphatic heterocycles. The highest BCUT2D eigenvalue weighted by molar-refractivity contribution is 5.93. The van der Waals surface area contributed by atoms with Gasteiger partial charge in [-0.2, -0.15) is 0 Å². The van der Waals surface area contributed by atoms with Gasteiger partial charge in [0.15, 0.2) is 18.1 Å². The van der Waals surface area contributed by atoms with Crippen molar-refractivity contribution in [1.82, 2.24) is 5.32 Å². The fourth-order valence-corrected chi connectivity index (χ4v) is 2.00. The highest BCUT2D eigenvalue weighted by Gasteiger charge is 2.13. The minimum Gasteiger partial charge on any atom is -0.507 e. The van der Waals surface area contributed by atoms with Gasteiger partial charge >= 0.3 is 5.97 Å². The molecular formula is C18H19NO6. The van der Waals surface area contributed by atoms with E-state index in [2.05, 4.69) is 5.32 Å². The molecule has 0 spiro atoms. The average Bonchev–Trinajstić information content (AvgIpc) is 2.64. The van der Waals surface area contributed by atoms with Gasteiger partial charge in [0.25, 0.3) is 5.91 Å². The van der Waals surface area contributed by atoms with Crippen molar-refractivity contribution in [3.05, 3.63) is 54.1 Å². The SMILES string of the molecule is COc1ccccc1OCCNC(=O)COC(=O)c1ccccc1O. The van der Waals surface area contributed by atoms with E-state index >= 15 is 0 Å². The number of para-hydroxylation sites is 3. The van der Waals surface area contributed by atoms with Crippen LogP contribution in [0.2, 0.25) is 0 Å². The van der Waals surface area contributed by atoms with E-state index in [1.54, 1.807) is 31.4 Å². The maximum absolute atomic E-state index is 11.8. The second-order valence-electron chi connectivity index (χ2n) is 4.94. The molecule has 0 radical (unpaired) electrons. The van der Waals surface area contributed by atoms with Crippen LogP contribution >= 0.6 is 0 Å². The van der Waals surface area contributed by atoms with Gasteiger partial charge in [0.05, 0.1) is 13.7 Å². The number of carbonyl (C=O) groups is 2. The monoisotopic (exact) mass is 345 g/mol. The van der Waals surface area contributed by atoms with Crippen LogP contribution < -0.4 is 14.8 Å². The molecule has 7 heteroatoms. The van der Waals surface area contributed by atoms with Crippen molar-refractivity contribution in [2.24, 2.45) is 0 Å². The molecule has 2 aromatic rings. The predicted molar refractivity (Wildman–Crippen MR) is 89.9 cm³/mol. The molecule has 1 amide bonds. The molecule has 0 atom stereocenters. The number of rotatable bonds is 8. The number of hydrogen-bond donors (Lipinski definition) is 2. The molecule has 0 unspecified atom stereocenters. The zero-order valence-electron chi connectivity index (χ0n) is 13.7. The predicted octanol–water partition coefficient (Wildman–Crippen LogP) is 1.75. The van der Waals surface area contributed by atoms with Crippen LogP contribution in [0.25, 0.3) is 0 Å². The van der Waals surface area contributed by atoms with Gasteiger partial charge in [0.1, 0.15) is 17.9 Å². The second kappa shape index (κ2) is 9.17. The maximum atomic E-state index is 11.8. The van der Waals surface area contributed by atoms with Gasteiger partial charge in [-0.15, -0.1) is 0 Å². The Balaban J connectivity index is 1.69. The number of ether oxygens (including phenoxy) is 3. The van der Waals surface area contributed by atoms with Gasteiger partial charge in [-0.05, 0) is 24.3 Å². The highest BCUT2D eigenvalue weighted by atomic mass is 16.5. The summed E-state index contributed by atoms with van der Waals surface area (Å²) in [6.45, 7) is 0.0341. The average molecular weight is 345 g/mol. The molecule has 0 fully saturated rings. The number of carbonyl (C=O) groups excluding carboxylic acids is 2. The Morgan fingerprint density at radius 3 is 2.44 bits per heavy atom. The van der Waals surface area contributed by atoms with Crippen molar-refractivity contribution in [3.63, 3.8) is 0 Å².